The molecule has 0 aliphatic carbocycles. The monoisotopic (exact) mass is 236 g/mol. The van der Waals surface area contributed by atoms with Crippen molar-refractivity contribution in [2.24, 2.45) is 0 Å². The largest absolute Gasteiger partial charge is 0.382 e. The van der Waals surface area contributed by atoms with Crippen molar-refractivity contribution >= 4 is 21.7 Å². The molecule has 0 saturated carbocycles. The number of hydrogen-bond acceptors (Lipinski definition) is 2. The summed E-state index contributed by atoms with van der Waals surface area (Å²) >= 11 is 3.29. The molecule has 0 aliphatic rings. The molecule has 0 aromatic carbocycles. The average molecular weight is 237 g/mol. The van der Waals surface area contributed by atoms with Crippen LogP contribution in [0, 0.1) is 0 Å². The molecule has 0 N–H and O–H groups in total. The minimum atomic E-state index is 0.206. The summed E-state index contributed by atoms with van der Waals surface area (Å²) in [6.07, 6.45) is 3.35. The van der Waals surface area contributed by atoms with Gasteiger partial charge in [0.2, 0.25) is 0 Å². The van der Waals surface area contributed by atoms with E-state index < -0.39 is 0 Å². The van der Waals surface area contributed by atoms with Crippen LogP contribution in [-0.2, 0) is 9.53 Å². The zero-order valence-electron chi connectivity index (χ0n) is 7.81. The fourth-order valence-electron chi connectivity index (χ4n) is 0.871. The van der Waals surface area contributed by atoms with E-state index in [9.17, 15) is 4.79 Å². The summed E-state index contributed by atoms with van der Waals surface area (Å²) in [7, 11) is 1.67. The number of Topliss-reactive ketones (excluding diaryl/α,β-unsaturated/α-hetero) is 1. The molecular weight excluding hydrogens is 220 g/mol. The minimum absolute atomic E-state index is 0.206. The van der Waals surface area contributed by atoms with Gasteiger partial charge < -0.3 is 4.74 Å². The summed E-state index contributed by atoms with van der Waals surface area (Å²) in [5, 5.41) is 0.915. The maximum Gasteiger partial charge on any atom is 0.133 e. The molecular formula is C9H17BrO2. The first kappa shape index (κ1) is 12.1. The second kappa shape index (κ2) is 7.74. The Bertz CT molecular complexity index is 126. The number of rotatable bonds is 7. The SMILES string of the molecule is COC(C)CCC(=O)CCCBr. The highest BCUT2D eigenvalue weighted by Gasteiger charge is 2.04. The minimum Gasteiger partial charge on any atom is -0.382 e. The number of alkyl halides is 1. The molecule has 1 atom stereocenters. The van der Waals surface area contributed by atoms with E-state index in [1.807, 2.05) is 6.92 Å². The van der Waals surface area contributed by atoms with E-state index in [1.54, 1.807) is 7.11 Å². The molecule has 0 saturated heterocycles. The zero-order valence-corrected chi connectivity index (χ0v) is 9.39. The standard InChI is InChI=1S/C9H17BrO2/c1-8(12-2)5-6-9(11)4-3-7-10/h8H,3-7H2,1-2H3. The lowest BCUT2D eigenvalue weighted by Gasteiger charge is -2.07. The van der Waals surface area contributed by atoms with Crippen molar-refractivity contribution in [3.63, 3.8) is 0 Å². The van der Waals surface area contributed by atoms with Gasteiger partial charge >= 0.3 is 0 Å². The van der Waals surface area contributed by atoms with Crippen molar-refractivity contribution < 1.29 is 9.53 Å². The van der Waals surface area contributed by atoms with E-state index in [0.29, 0.717) is 18.6 Å². The molecule has 1 unspecified atom stereocenters. The van der Waals surface area contributed by atoms with E-state index in [1.165, 1.54) is 0 Å². The first-order chi connectivity index (χ1) is 5.70. The van der Waals surface area contributed by atoms with Gasteiger partial charge in [0.05, 0.1) is 6.10 Å². The maximum absolute atomic E-state index is 11.1. The third kappa shape index (κ3) is 6.80. The Labute approximate surface area is 82.8 Å². The van der Waals surface area contributed by atoms with Crippen LogP contribution in [0.5, 0.6) is 0 Å². The van der Waals surface area contributed by atoms with Crippen molar-refractivity contribution in [2.45, 2.75) is 38.7 Å². The third-order valence-electron chi connectivity index (χ3n) is 1.82. The lowest BCUT2D eigenvalue weighted by atomic mass is 10.1. The van der Waals surface area contributed by atoms with Crippen LogP contribution in [0.25, 0.3) is 0 Å². The second-order valence-corrected chi connectivity index (χ2v) is 3.71. The number of ether oxygens (including phenoxy) is 1. The Morgan fingerprint density at radius 3 is 2.67 bits per heavy atom. The Balaban J connectivity index is 3.31. The topological polar surface area (TPSA) is 26.3 Å². The summed E-state index contributed by atoms with van der Waals surface area (Å²) in [4.78, 5) is 11.1. The van der Waals surface area contributed by atoms with Gasteiger partial charge in [-0.05, 0) is 19.8 Å². The molecule has 2 nitrogen and oxygen atoms in total. The molecule has 0 spiro atoms. The van der Waals surface area contributed by atoms with Gasteiger partial charge in [-0.15, -0.1) is 0 Å². The fraction of sp³-hybridized carbons (Fsp3) is 0.889. The van der Waals surface area contributed by atoms with Crippen LogP contribution in [0.2, 0.25) is 0 Å². The average Bonchev–Trinajstić information content (AvgIpc) is 2.10. The number of halogens is 1. The van der Waals surface area contributed by atoms with Crippen LogP contribution >= 0.6 is 15.9 Å². The fourth-order valence-corrected chi connectivity index (χ4v) is 1.15. The maximum atomic E-state index is 11.1. The molecule has 0 radical (unpaired) electrons. The Morgan fingerprint density at radius 2 is 2.17 bits per heavy atom. The van der Waals surface area contributed by atoms with Crippen molar-refractivity contribution in [3.8, 4) is 0 Å². The molecule has 0 aliphatic heterocycles. The van der Waals surface area contributed by atoms with Crippen molar-refractivity contribution in [3.05, 3.63) is 0 Å². The number of carbonyl (C=O) groups excluding carboxylic acids is 1. The normalized spacial score (nSPS) is 12.9. The Morgan fingerprint density at radius 1 is 1.50 bits per heavy atom. The van der Waals surface area contributed by atoms with Crippen LogP contribution in [-0.4, -0.2) is 24.3 Å². The highest BCUT2D eigenvalue weighted by molar-refractivity contribution is 9.09. The predicted molar refractivity (Wildman–Crippen MR) is 53.7 cm³/mol. The summed E-state index contributed by atoms with van der Waals surface area (Å²) in [6, 6.07) is 0. The zero-order chi connectivity index (χ0) is 9.40. The summed E-state index contributed by atoms with van der Waals surface area (Å²) in [5.74, 6) is 0.346. The van der Waals surface area contributed by atoms with Crippen molar-refractivity contribution in [1.82, 2.24) is 0 Å². The van der Waals surface area contributed by atoms with Gasteiger partial charge in [-0.3, -0.25) is 4.79 Å². The number of ketones is 1. The van der Waals surface area contributed by atoms with E-state index in [4.69, 9.17) is 4.74 Å². The second-order valence-electron chi connectivity index (χ2n) is 2.92. The van der Waals surface area contributed by atoms with Crippen LogP contribution in [0.15, 0.2) is 0 Å². The van der Waals surface area contributed by atoms with E-state index >= 15 is 0 Å². The molecule has 0 rings (SSSR count). The van der Waals surface area contributed by atoms with Crippen LogP contribution in [0.3, 0.4) is 0 Å². The first-order valence-electron chi connectivity index (χ1n) is 4.31. The summed E-state index contributed by atoms with van der Waals surface area (Å²) in [6.45, 7) is 1.98. The highest BCUT2D eigenvalue weighted by Crippen LogP contribution is 2.04. The van der Waals surface area contributed by atoms with Crippen molar-refractivity contribution in [1.29, 1.82) is 0 Å². The lowest BCUT2D eigenvalue weighted by molar-refractivity contribution is -0.119. The molecule has 12 heavy (non-hydrogen) atoms. The van der Waals surface area contributed by atoms with Gasteiger partial charge in [-0.2, -0.15) is 0 Å². The smallest absolute Gasteiger partial charge is 0.133 e. The van der Waals surface area contributed by atoms with Gasteiger partial charge in [0.25, 0.3) is 0 Å². The number of methoxy groups -OCH3 is 1. The van der Waals surface area contributed by atoms with Gasteiger partial charge in [0, 0.05) is 25.3 Å². The summed E-state index contributed by atoms with van der Waals surface area (Å²) < 4.78 is 5.04. The predicted octanol–water partition coefficient (Wildman–Crippen LogP) is 2.55. The molecule has 0 bridgehead atoms. The van der Waals surface area contributed by atoms with Gasteiger partial charge in [-0.25, -0.2) is 0 Å². The summed E-state index contributed by atoms with van der Waals surface area (Å²) in [5.41, 5.74) is 0. The van der Waals surface area contributed by atoms with E-state index in [2.05, 4.69) is 15.9 Å². The van der Waals surface area contributed by atoms with Crippen LogP contribution < -0.4 is 0 Å². The molecule has 3 heteroatoms. The van der Waals surface area contributed by atoms with Crippen LogP contribution in [0.4, 0.5) is 0 Å². The molecule has 0 amide bonds. The molecule has 0 aromatic rings. The van der Waals surface area contributed by atoms with Gasteiger partial charge in [0.15, 0.2) is 0 Å². The molecule has 0 heterocycles. The van der Waals surface area contributed by atoms with Gasteiger partial charge in [-0.1, -0.05) is 15.9 Å². The van der Waals surface area contributed by atoms with E-state index in [0.717, 1.165) is 18.2 Å². The highest BCUT2D eigenvalue weighted by atomic mass is 79.9. The van der Waals surface area contributed by atoms with Gasteiger partial charge in [0.1, 0.15) is 5.78 Å². The van der Waals surface area contributed by atoms with Crippen molar-refractivity contribution in [2.75, 3.05) is 12.4 Å². The first-order valence-corrected chi connectivity index (χ1v) is 5.43. The number of carbonyl (C=O) groups is 1. The Hall–Kier alpha value is 0.110. The number of hydrogen-bond donors (Lipinski definition) is 0. The molecule has 0 aromatic heterocycles. The van der Waals surface area contributed by atoms with Crippen LogP contribution in [0.1, 0.15) is 32.6 Å². The molecule has 0 fully saturated rings. The quantitative estimate of drug-likeness (QED) is 0.636. The third-order valence-corrected chi connectivity index (χ3v) is 2.38. The molecule has 72 valence electrons. The Kier molecular flexibility index (Phi) is 7.81. The lowest BCUT2D eigenvalue weighted by Crippen LogP contribution is -2.08. The van der Waals surface area contributed by atoms with E-state index in [-0.39, 0.29) is 6.10 Å².